The number of aromatic amines is 1. The van der Waals surface area contributed by atoms with Gasteiger partial charge in [0.2, 0.25) is 5.88 Å². The number of aromatic nitrogens is 2. The molecular formula is C12H12N2O4. The summed E-state index contributed by atoms with van der Waals surface area (Å²) in [6.45, 7) is 2.34. The van der Waals surface area contributed by atoms with E-state index < -0.39 is 17.1 Å². The van der Waals surface area contributed by atoms with Gasteiger partial charge in [-0.1, -0.05) is 6.07 Å². The Bertz CT molecular complexity index is 672. The second-order valence-corrected chi connectivity index (χ2v) is 3.56. The quantitative estimate of drug-likeness (QED) is 0.834. The highest BCUT2D eigenvalue weighted by atomic mass is 16.5. The fourth-order valence-electron chi connectivity index (χ4n) is 1.61. The molecular weight excluding hydrogens is 236 g/mol. The minimum Gasteiger partial charge on any atom is -0.494 e. The van der Waals surface area contributed by atoms with Crippen LogP contribution in [0.4, 0.5) is 0 Å². The van der Waals surface area contributed by atoms with Gasteiger partial charge in [0.05, 0.1) is 18.4 Å². The van der Waals surface area contributed by atoms with Gasteiger partial charge < -0.3 is 9.84 Å². The molecule has 0 aliphatic carbocycles. The molecule has 1 heterocycles. The average molecular weight is 248 g/mol. The van der Waals surface area contributed by atoms with Gasteiger partial charge in [-0.25, -0.2) is 9.36 Å². The zero-order valence-corrected chi connectivity index (χ0v) is 9.71. The molecule has 6 heteroatoms. The summed E-state index contributed by atoms with van der Waals surface area (Å²) in [5.41, 5.74) is -0.928. The summed E-state index contributed by atoms with van der Waals surface area (Å²) in [7, 11) is 0. The number of nitrogens with zero attached hydrogens (tertiary/aromatic N) is 1. The molecule has 2 rings (SSSR count). The molecule has 2 N–H and O–H groups in total. The van der Waals surface area contributed by atoms with Gasteiger partial charge in [0, 0.05) is 6.07 Å². The lowest BCUT2D eigenvalue weighted by atomic mass is 10.3. The van der Waals surface area contributed by atoms with Gasteiger partial charge in [-0.2, -0.15) is 0 Å². The Morgan fingerprint density at radius 1 is 1.33 bits per heavy atom. The zero-order valence-electron chi connectivity index (χ0n) is 9.71. The zero-order chi connectivity index (χ0) is 13.1. The van der Waals surface area contributed by atoms with Crippen LogP contribution in [0.5, 0.6) is 11.6 Å². The molecule has 0 bridgehead atoms. The van der Waals surface area contributed by atoms with Crippen LogP contribution in [0.1, 0.15) is 6.92 Å². The molecule has 0 saturated heterocycles. The van der Waals surface area contributed by atoms with Crippen molar-refractivity contribution in [3.8, 4) is 17.3 Å². The van der Waals surface area contributed by atoms with Crippen LogP contribution in [-0.4, -0.2) is 21.3 Å². The summed E-state index contributed by atoms with van der Waals surface area (Å²) < 4.78 is 6.29. The lowest BCUT2D eigenvalue weighted by Gasteiger charge is -2.09. The third-order valence-corrected chi connectivity index (χ3v) is 2.31. The van der Waals surface area contributed by atoms with Gasteiger partial charge in [-0.3, -0.25) is 9.78 Å². The number of aromatic hydroxyl groups is 1. The van der Waals surface area contributed by atoms with E-state index in [-0.39, 0.29) is 0 Å². The Kier molecular flexibility index (Phi) is 3.18. The number of ether oxygens (including phenoxy) is 1. The smallest absolute Gasteiger partial charge is 0.335 e. The van der Waals surface area contributed by atoms with Gasteiger partial charge in [-0.05, 0) is 19.1 Å². The monoisotopic (exact) mass is 248 g/mol. The molecule has 0 radical (unpaired) electrons. The summed E-state index contributed by atoms with van der Waals surface area (Å²) in [5, 5.41) is 9.65. The van der Waals surface area contributed by atoms with Crippen molar-refractivity contribution in [1.29, 1.82) is 0 Å². The number of H-pyrrole nitrogens is 1. The Balaban J connectivity index is 2.59. The Morgan fingerprint density at radius 2 is 2.11 bits per heavy atom. The van der Waals surface area contributed by atoms with Gasteiger partial charge >= 0.3 is 5.69 Å². The molecule has 0 aliphatic rings. The van der Waals surface area contributed by atoms with Crippen LogP contribution in [0, 0.1) is 0 Å². The van der Waals surface area contributed by atoms with Crippen LogP contribution >= 0.6 is 0 Å². The number of hydrogen-bond donors (Lipinski definition) is 2. The van der Waals surface area contributed by atoms with Crippen LogP contribution < -0.4 is 16.0 Å². The minimum absolute atomic E-state index is 0.416. The molecule has 1 aromatic heterocycles. The van der Waals surface area contributed by atoms with Crippen molar-refractivity contribution in [3.63, 3.8) is 0 Å². The maximum absolute atomic E-state index is 11.6. The number of rotatable bonds is 3. The van der Waals surface area contributed by atoms with Crippen molar-refractivity contribution < 1.29 is 9.84 Å². The van der Waals surface area contributed by atoms with Crippen molar-refractivity contribution in [2.75, 3.05) is 6.61 Å². The van der Waals surface area contributed by atoms with Crippen molar-refractivity contribution in [3.05, 3.63) is 51.2 Å². The van der Waals surface area contributed by atoms with Gasteiger partial charge in [0.15, 0.2) is 0 Å². The average Bonchev–Trinajstić information content (AvgIpc) is 2.28. The van der Waals surface area contributed by atoms with E-state index in [1.807, 2.05) is 6.92 Å². The molecule has 1 aromatic carbocycles. The van der Waals surface area contributed by atoms with E-state index in [4.69, 9.17) is 4.74 Å². The molecule has 6 nitrogen and oxygen atoms in total. The summed E-state index contributed by atoms with van der Waals surface area (Å²) >= 11 is 0. The van der Waals surface area contributed by atoms with Gasteiger partial charge in [-0.15, -0.1) is 0 Å². The van der Waals surface area contributed by atoms with E-state index in [1.54, 1.807) is 24.3 Å². The number of benzene rings is 1. The van der Waals surface area contributed by atoms with Crippen molar-refractivity contribution >= 4 is 0 Å². The lowest BCUT2D eigenvalue weighted by Crippen LogP contribution is -2.27. The van der Waals surface area contributed by atoms with Crippen LogP contribution in [-0.2, 0) is 0 Å². The van der Waals surface area contributed by atoms with Gasteiger partial charge in [0.1, 0.15) is 5.75 Å². The molecule has 18 heavy (non-hydrogen) atoms. The molecule has 0 unspecified atom stereocenters. The fraction of sp³-hybridized carbons (Fsp3) is 0.167. The topological polar surface area (TPSA) is 84.3 Å². The predicted molar refractivity (Wildman–Crippen MR) is 65.5 cm³/mol. The lowest BCUT2D eigenvalue weighted by molar-refractivity contribution is 0.340. The third kappa shape index (κ3) is 2.27. The highest BCUT2D eigenvalue weighted by Crippen LogP contribution is 2.18. The SMILES string of the molecule is CCOc1cccc(-n2c(O)cc(=O)[nH]c2=O)c1. The van der Waals surface area contributed by atoms with Crippen LogP contribution in [0.25, 0.3) is 5.69 Å². The Labute approximate surface area is 102 Å². The summed E-state index contributed by atoms with van der Waals surface area (Å²) in [6.07, 6.45) is 0. The van der Waals surface area contributed by atoms with E-state index in [0.29, 0.717) is 18.0 Å². The van der Waals surface area contributed by atoms with Crippen LogP contribution in [0.15, 0.2) is 39.9 Å². The molecule has 0 amide bonds. The maximum atomic E-state index is 11.6. The second kappa shape index (κ2) is 4.79. The standard InChI is InChI=1S/C12H12N2O4/c1-2-18-9-5-3-4-8(6-9)14-11(16)7-10(15)13-12(14)17/h3-7,16H,2H2,1H3,(H,13,15,17). The largest absolute Gasteiger partial charge is 0.494 e. The molecule has 0 aliphatic heterocycles. The van der Waals surface area contributed by atoms with E-state index >= 15 is 0 Å². The van der Waals surface area contributed by atoms with Crippen molar-refractivity contribution in [2.45, 2.75) is 6.92 Å². The second-order valence-electron chi connectivity index (χ2n) is 3.56. The molecule has 2 aromatic rings. The fourth-order valence-corrected chi connectivity index (χ4v) is 1.61. The normalized spacial score (nSPS) is 10.3. The van der Waals surface area contributed by atoms with E-state index in [2.05, 4.69) is 4.98 Å². The van der Waals surface area contributed by atoms with E-state index in [0.717, 1.165) is 10.6 Å². The first-order chi connectivity index (χ1) is 8.61. The molecule has 0 atom stereocenters. The minimum atomic E-state index is -0.700. The summed E-state index contributed by atoms with van der Waals surface area (Å²) in [4.78, 5) is 24.7. The number of nitrogens with one attached hydrogen (secondary N) is 1. The first-order valence-electron chi connectivity index (χ1n) is 5.40. The van der Waals surface area contributed by atoms with E-state index in [9.17, 15) is 14.7 Å². The molecule has 0 saturated carbocycles. The van der Waals surface area contributed by atoms with Crippen molar-refractivity contribution in [2.24, 2.45) is 0 Å². The molecule has 0 fully saturated rings. The first kappa shape index (κ1) is 12.0. The molecule has 0 spiro atoms. The third-order valence-electron chi connectivity index (χ3n) is 2.31. The maximum Gasteiger partial charge on any atom is 0.335 e. The van der Waals surface area contributed by atoms with E-state index in [1.165, 1.54) is 0 Å². The Morgan fingerprint density at radius 3 is 2.78 bits per heavy atom. The van der Waals surface area contributed by atoms with Crippen molar-refractivity contribution in [1.82, 2.24) is 9.55 Å². The number of hydrogen-bond acceptors (Lipinski definition) is 4. The first-order valence-corrected chi connectivity index (χ1v) is 5.40. The molecule has 94 valence electrons. The summed E-state index contributed by atoms with van der Waals surface area (Å²) in [6, 6.07) is 7.59. The highest BCUT2D eigenvalue weighted by Gasteiger charge is 2.07. The Hall–Kier alpha value is -2.50. The predicted octanol–water partition coefficient (Wildman–Crippen LogP) is 0.630. The highest BCUT2D eigenvalue weighted by molar-refractivity contribution is 5.41. The van der Waals surface area contributed by atoms with Gasteiger partial charge in [0.25, 0.3) is 5.56 Å². The van der Waals surface area contributed by atoms with Crippen LogP contribution in [0.3, 0.4) is 0 Å². The van der Waals surface area contributed by atoms with Crippen LogP contribution in [0.2, 0.25) is 0 Å². The summed E-state index contributed by atoms with van der Waals surface area (Å²) in [5.74, 6) is 0.157.